The minimum Gasteiger partial charge on any atom is -0.383 e. The van der Waals surface area contributed by atoms with Gasteiger partial charge in [-0.15, -0.1) is 0 Å². The molecule has 1 aliphatic rings. The van der Waals surface area contributed by atoms with E-state index >= 15 is 0 Å². The third-order valence-electron chi connectivity index (χ3n) is 4.72. The first kappa shape index (κ1) is 16.5. The molecule has 118 valence electrons. The molecule has 0 spiro atoms. The van der Waals surface area contributed by atoms with Crippen LogP contribution in [-0.4, -0.2) is 37.7 Å². The largest absolute Gasteiger partial charge is 0.383 e. The van der Waals surface area contributed by atoms with Crippen LogP contribution < -0.4 is 5.73 Å². The fraction of sp³-hybridized carbons (Fsp3) is 0.667. The van der Waals surface area contributed by atoms with Crippen molar-refractivity contribution in [2.24, 2.45) is 11.7 Å². The van der Waals surface area contributed by atoms with Gasteiger partial charge < -0.3 is 10.5 Å². The zero-order valence-corrected chi connectivity index (χ0v) is 13.9. The summed E-state index contributed by atoms with van der Waals surface area (Å²) in [5, 5.41) is 0. The van der Waals surface area contributed by atoms with Crippen molar-refractivity contribution in [3.8, 4) is 0 Å². The second-order valence-electron chi connectivity index (χ2n) is 6.53. The summed E-state index contributed by atoms with van der Waals surface area (Å²) in [5.41, 5.74) is 10.4. The van der Waals surface area contributed by atoms with Gasteiger partial charge >= 0.3 is 0 Å². The van der Waals surface area contributed by atoms with Crippen LogP contribution in [0.3, 0.4) is 0 Å². The van der Waals surface area contributed by atoms with Crippen molar-refractivity contribution >= 4 is 0 Å². The average Bonchev–Trinajstić information content (AvgIpc) is 3.26. The molecule has 0 aliphatic heterocycles. The van der Waals surface area contributed by atoms with Gasteiger partial charge in [-0.3, -0.25) is 4.90 Å². The van der Waals surface area contributed by atoms with Crippen LogP contribution in [0.1, 0.15) is 42.5 Å². The predicted octanol–water partition coefficient (Wildman–Crippen LogP) is 3.05. The maximum Gasteiger partial charge on any atom is 0.0589 e. The van der Waals surface area contributed by atoms with Gasteiger partial charge in [0, 0.05) is 32.3 Å². The van der Waals surface area contributed by atoms with Gasteiger partial charge in [-0.1, -0.05) is 23.8 Å². The molecule has 0 radical (unpaired) electrons. The summed E-state index contributed by atoms with van der Waals surface area (Å²) < 4.78 is 5.27. The predicted molar refractivity (Wildman–Crippen MR) is 88.5 cm³/mol. The number of rotatable bonds is 8. The number of ether oxygens (including phenoxy) is 1. The highest BCUT2D eigenvalue weighted by Gasteiger charge is 2.32. The Kier molecular flexibility index (Phi) is 5.80. The van der Waals surface area contributed by atoms with Crippen LogP contribution in [0.4, 0.5) is 0 Å². The normalized spacial score (nSPS) is 18.0. The first-order chi connectivity index (χ1) is 10.0. The van der Waals surface area contributed by atoms with Crippen molar-refractivity contribution in [3.05, 3.63) is 34.9 Å². The first-order valence-electron chi connectivity index (χ1n) is 8.08. The Labute approximate surface area is 129 Å². The van der Waals surface area contributed by atoms with Crippen LogP contribution in [0.5, 0.6) is 0 Å². The molecule has 21 heavy (non-hydrogen) atoms. The number of nitrogens with two attached hydrogens (primary N) is 1. The van der Waals surface area contributed by atoms with E-state index in [1.807, 2.05) is 0 Å². The van der Waals surface area contributed by atoms with Crippen LogP contribution in [-0.2, 0) is 4.74 Å². The van der Waals surface area contributed by atoms with Gasteiger partial charge in [0.05, 0.1) is 6.61 Å². The molecule has 0 aromatic heterocycles. The summed E-state index contributed by atoms with van der Waals surface area (Å²) in [4.78, 5) is 2.51. The molecule has 2 atom stereocenters. The Morgan fingerprint density at radius 3 is 2.62 bits per heavy atom. The third kappa shape index (κ3) is 4.53. The Hall–Kier alpha value is -0.900. The van der Waals surface area contributed by atoms with Crippen molar-refractivity contribution in [1.82, 2.24) is 4.90 Å². The van der Waals surface area contributed by atoms with Gasteiger partial charge in [-0.25, -0.2) is 0 Å². The van der Waals surface area contributed by atoms with Crippen LogP contribution in [0, 0.1) is 19.8 Å². The van der Waals surface area contributed by atoms with E-state index in [2.05, 4.69) is 43.9 Å². The minimum atomic E-state index is 0.0728. The molecule has 0 amide bonds. The molecule has 2 unspecified atom stereocenters. The summed E-state index contributed by atoms with van der Waals surface area (Å²) in [7, 11) is 1.77. The molecular formula is C18H30N2O. The highest BCUT2D eigenvalue weighted by molar-refractivity contribution is 5.32. The molecule has 1 aromatic carbocycles. The van der Waals surface area contributed by atoms with Crippen LogP contribution >= 0.6 is 0 Å². The standard InChI is InChI=1S/C18H30N2O/c1-13-5-8-17(14(2)11-13)18(19)12-20(9-10-21-4)15(3)16-6-7-16/h5,8,11,15-16,18H,6-7,9-10,12,19H2,1-4H3. The quantitative estimate of drug-likeness (QED) is 0.800. The molecule has 0 heterocycles. The van der Waals surface area contributed by atoms with E-state index in [9.17, 15) is 0 Å². The van der Waals surface area contributed by atoms with Gasteiger partial charge in [0.15, 0.2) is 0 Å². The van der Waals surface area contributed by atoms with Gasteiger partial charge in [-0.2, -0.15) is 0 Å². The molecule has 1 aliphatic carbocycles. The van der Waals surface area contributed by atoms with E-state index in [4.69, 9.17) is 10.5 Å². The third-order valence-corrected chi connectivity index (χ3v) is 4.72. The lowest BCUT2D eigenvalue weighted by atomic mass is 9.98. The zero-order valence-electron chi connectivity index (χ0n) is 13.9. The van der Waals surface area contributed by atoms with Gasteiger partial charge in [0.1, 0.15) is 0 Å². The molecule has 3 heteroatoms. The van der Waals surface area contributed by atoms with Crippen LogP contribution in [0.15, 0.2) is 18.2 Å². The minimum absolute atomic E-state index is 0.0728. The van der Waals surface area contributed by atoms with E-state index in [1.54, 1.807) is 7.11 Å². The number of benzene rings is 1. The highest BCUT2D eigenvalue weighted by Crippen LogP contribution is 2.35. The van der Waals surface area contributed by atoms with E-state index in [-0.39, 0.29) is 6.04 Å². The summed E-state index contributed by atoms with van der Waals surface area (Å²) in [5.74, 6) is 0.855. The molecular weight excluding hydrogens is 260 g/mol. The van der Waals surface area contributed by atoms with Gasteiger partial charge in [0.25, 0.3) is 0 Å². The molecule has 2 rings (SSSR count). The number of hydrogen-bond acceptors (Lipinski definition) is 3. The van der Waals surface area contributed by atoms with E-state index in [0.29, 0.717) is 6.04 Å². The molecule has 3 nitrogen and oxygen atoms in total. The molecule has 0 saturated heterocycles. The molecule has 1 aromatic rings. The summed E-state index contributed by atoms with van der Waals surface area (Å²) >= 11 is 0. The van der Waals surface area contributed by atoms with E-state index in [1.165, 1.54) is 29.5 Å². The topological polar surface area (TPSA) is 38.5 Å². The highest BCUT2D eigenvalue weighted by atomic mass is 16.5. The van der Waals surface area contributed by atoms with Gasteiger partial charge in [0.2, 0.25) is 0 Å². The lowest BCUT2D eigenvalue weighted by Crippen LogP contribution is -2.41. The average molecular weight is 290 g/mol. The van der Waals surface area contributed by atoms with Crippen molar-refractivity contribution in [2.45, 2.75) is 45.7 Å². The second kappa shape index (κ2) is 7.39. The molecule has 2 N–H and O–H groups in total. The van der Waals surface area contributed by atoms with E-state index < -0.39 is 0 Å². The van der Waals surface area contributed by atoms with Crippen LogP contribution in [0.2, 0.25) is 0 Å². The number of aryl methyl sites for hydroxylation is 2. The summed E-state index contributed by atoms with van der Waals surface area (Å²) in [6.45, 7) is 9.27. The molecule has 0 bridgehead atoms. The SMILES string of the molecule is COCCN(CC(N)c1ccc(C)cc1C)C(C)C1CC1. The molecule has 1 fully saturated rings. The van der Waals surface area contributed by atoms with Crippen molar-refractivity contribution in [3.63, 3.8) is 0 Å². The van der Waals surface area contributed by atoms with E-state index in [0.717, 1.165) is 25.6 Å². The Balaban J connectivity index is 2.03. The first-order valence-corrected chi connectivity index (χ1v) is 8.08. The fourth-order valence-corrected chi connectivity index (χ4v) is 3.14. The van der Waals surface area contributed by atoms with Gasteiger partial charge in [-0.05, 0) is 50.7 Å². The maximum atomic E-state index is 6.49. The smallest absolute Gasteiger partial charge is 0.0589 e. The number of nitrogens with zero attached hydrogens (tertiary/aromatic N) is 1. The lowest BCUT2D eigenvalue weighted by molar-refractivity contribution is 0.112. The van der Waals surface area contributed by atoms with Crippen molar-refractivity contribution < 1.29 is 4.74 Å². The summed E-state index contributed by atoms with van der Waals surface area (Å²) in [6, 6.07) is 7.25. The lowest BCUT2D eigenvalue weighted by Gasteiger charge is -2.32. The fourth-order valence-electron chi connectivity index (χ4n) is 3.14. The van der Waals surface area contributed by atoms with Crippen molar-refractivity contribution in [1.29, 1.82) is 0 Å². The zero-order chi connectivity index (χ0) is 15.4. The van der Waals surface area contributed by atoms with Crippen molar-refractivity contribution in [2.75, 3.05) is 26.8 Å². The number of methoxy groups -OCH3 is 1. The molecule has 1 saturated carbocycles. The Morgan fingerprint density at radius 1 is 1.33 bits per heavy atom. The Bertz CT molecular complexity index is 457. The van der Waals surface area contributed by atoms with Crippen LogP contribution in [0.25, 0.3) is 0 Å². The summed E-state index contributed by atoms with van der Waals surface area (Å²) in [6.07, 6.45) is 2.73. The monoisotopic (exact) mass is 290 g/mol. The second-order valence-corrected chi connectivity index (χ2v) is 6.53. The Morgan fingerprint density at radius 2 is 2.05 bits per heavy atom. The number of hydrogen-bond donors (Lipinski definition) is 1. The maximum absolute atomic E-state index is 6.49.